The third-order valence-corrected chi connectivity index (χ3v) is 4.08. The van der Waals surface area contributed by atoms with Crippen LogP contribution in [0.25, 0.3) is 0 Å². The van der Waals surface area contributed by atoms with Crippen LogP contribution in [0.1, 0.15) is 36.1 Å². The van der Waals surface area contributed by atoms with Crippen LogP contribution < -0.4 is 15.4 Å². The van der Waals surface area contributed by atoms with E-state index in [-0.39, 0.29) is 18.2 Å². The van der Waals surface area contributed by atoms with Crippen molar-refractivity contribution in [1.82, 2.24) is 5.32 Å². The van der Waals surface area contributed by atoms with Crippen molar-refractivity contribution in [2.75, 3.05) is 12.4 Å². The van der Waals surface area contributed by atoms with Crippen LogP contribution in [0.5, 0.6) is 5.75 Å². The maximum atomic E-state index is 12.4. The fraction of sp³-hybridized carbons (Fsp3) is 0.300. The van der Waals surface area contributed by atoms with E-state index >= 15 is 0 Å². The minimum absolute atomic E-state index is 0.152. The number of methoxy groups -OCH3 is 1. The van der Waals surface area contributed by atoms with Crippen molar-refractivity contribution in [2.45, 2.75) is 33.2 Å². The molecule has 0 aromatic heterocycles. The van der Waals surface area contributed by atoms with Crippen LogP contribution in [0.3, 0.4) is 0 Å². The number of carbonyl (C=O) groups is 2. The summed E-state index contributed by atoms with van der Waals surface area (Å²) >= 11 is 0. The molecule has 5 heteroatoms. The largest absolute Gasteiger partial charge is 0.497 e. The Morgan fingerprint density at radius 3 is 2.28 bits per heavy atom. The van der Waals surface area contributed by atoms with Crippen LogP contribution in [0, 0.1) is 13.8 Å². The Hall–Kier alpha value is -2.82. The number of rotatable bonds is 6. The minimum atomic E-state index is -0.394. The lowest BCUT2D eigenvalue weighted by atomic mass is 10.0. The molecular formula is C20H24N2O3. The molecule has 0 radical (unpaired) electrons. The fourth-order valence-corrected chi connectivity index (χ4v) is 2.55. The van der Waals surface area contributed by atoms with Gasteiger partial charge in [0.15, 0.2) is 0 Å². The van der Waals surface area contributed by atoms with Gasteiger partial charge in [0.2, 0.25) is 11.8 Å². The second kappa shape index (κ2) is 8.33. The standard InChI is InChI=1S/C20H24N2O3/c1-13-5-8-17(11-14(13)2)22-20(24)12-19(21-15(3)23)16-6-9-18(25-4)10-7-16/h5-11,19H,12H2,1-4H3,(H,21,23)(H,22,24)/t19-/m0/s1. The lowest BCUT2D eigenvalue weighted by Gasteiger charge is -2.18. The molecule has 2 N–H and O–H groups in total. The molecule has 0 heterocycles. The first kappa shape index (κ1) is 18.5. The number of aryl methyl sites for hydroxylation is 2. The van der Waals surface area contributed by atoms with Crippen LogP contribution in [0.4, 0.5) is 5.69 Å². The monoisotopic (exact) mass is 340 g/mol. The molecule has 1 atom stereocenters. The highest BCUT2D eigenvalue weighted by Crippen LogP contribution is 2.22. The van der Waals surface area contributed by atoms with Gasteiger partial charge in [-0.3, -0.25) is 9.59 Å². The van der Waals surface area contributed by atoms with Gasteiger partial charge in [-0.25, -0.2) is 0 Å². The van der Waals surface area contributed by atoms with Gasteiger partial charge < -0.3 is 15.4 Å². The van der Waals surface area contributed by atoms with E-state index in [9.17, 15) is 9.59 Å². The minimum Gasteiger partial charge on any atom is -0.497 e. The first-order valence-corrected chi connectivity index (χ1v) is 8.17. The number of amides is 2. The Balaban J connectivity index is 2.10. The quantitative estimate of drug-likeness (QED) is 0.845. The molecule has 2 aromatic carbocycles. The summed E-state index contributed by atoms with van der Waals surface area (Å²) in [7, 11) is 1.59. The van der Waals surface area contributed by atoms with Gasteiger partial charge >= 0.3 is 0 Å². The third-order valence-electron chi connectivity index (χ3n) is 4.08. The highest BCUT2D eigenvalue weighted by Gasteiger charge is 2.17. The number of benzene rings is 2. The van der Waals surface area contributed by atoms with Gasteiger partial charge in [0.25, 0.3) is 0 Å². The predicted octanol–water partition coefficient (Wildman–Crippen LogP) is 3.52. The lowest BCUT2D eigenvalue weighted by Crippen LogP contribution is -2.29. The smallest absolute Gasteiger partial charge is 0.226 e. The summed E-state index contributed by atoms with van der Waals surface area (Å²) in [5.41, 5.74) is 3.90. The molecule has 2 rings (SSSR count). The summed E-state index contributed by atoms with van der Waals surface area (Å²) in [4.78, 5) is 23.9. The molecule has 0 aliphatic rings. The van der Waals surface area contributed by atoms with E-state index in [0.717, 1.165) is 22.6 Å². The van der Waals surface area contributed by atoms with Crippen molar-refractivity contribution in [3.63, 3.8) is 0 Å². The zero-order valence-corrected chi connectivity index (χ0v) is 15.1. The number of nitrogens with one attached hydrogen (secondary N) is 2. The molecule has 2 amide bonds. The van der Waals surface area contributed by atoms with Crippen molar-refractivity contribution in [3.8, 4) is 5.75 Å². The topological polar surface area (TPSA) is 67.4 Å². The SMILES string of the molecule is COc1ccc([C@H](CC(=O)Nc2ccc(C)c(C)c2)NC(C)=O)cc1. The Bertz CT molecular complexity index is 754. The maximum absolute atomic E-state index is 12.4. The molecule has 132 valence electrons. The normalized spacial score (nSPS) is 11.5. The van der Waals surface area contributed by atoms with Gasteiger partial charge in [0.05, 0.1) is 19.6 Å². The summed E-state index contributed by atoms with van der Waals surface area (Å²) in [5, 5.41) is 5.72. The highest BCUT2D eigenvalue weighted by atomic mass is 16.5. The third kappa shape index (κ3) is 5.35. The van der Waals surface area contributed by atoms with E-state index in [4.69, 9.17) is 4.74 Å². The molecular weight excluding hydrogens is 316 g/mol. The van der Waals surface area contributed by atoms with E-state index in [1.165, 1.54) is 12.5 Å². The van der Waals surface area contributed by atoms with Gasteiger partial charge in [-0.05, 0) is 54.8 Å². The van der Waals surface area contributed by atoms with E-state index < -0.39 is 6.04 Å². The summed E-state index contributed by atoms with van der Waals surface area (Å²) in [6, 6.07) is 12.7. The first-order chi connectivity index (χ1) is 11.9. The Labute approximate surface area is 148 Å². The van der Waals surface area contributed by atoms with Crippen molar-refractivity contribution >= 4 is 17.5 Å². The van der Waals surface area contributed by atoms with Crippen LogP contribution in [0.15, 0.2) is 42.5 Å². The molecule has 0 saturated heterocycles. The van der Waals surface area contributed by atoms with Crippen molar-refractivity contribution in [3.05, 3.63) is 59.2 Å². The number of hydrogen-bond acceptors (Lipinski definition) is 3. The van der Waals surface area contributed by atoms with E-state index in [1.54, 1.807) is 7.11 Å². The van der Waals surface area contributed by atoms with Crippen LogP contribution in [0.2, 0.25) is 0 Å². The van der Waals surface area contributed by atoms with Gasteiger partial charge in [0.1, 0.15) is 5.75 Å². The molecule has 0 fully saturated rings. The molecule has 0 unspecified atom stereocenters. The Morgan fingerprint density at radius 2 is 1.72 bits per heavy atom. The molecule has 5 nitrogen and oxygen atoms in total. The average Bonchev–Trinajstić information content (AvgIpc) is 2.57. The van der Waals surface area contributed by atoms with Gasteiger partial charge in [-0.2, -0.15) is 0 Å². The zero-order chi connectivity index (χ0) is 18.4. The van der Waals surface area contributed by atoms with Gasteiger partial charge in [-0.15, -0.1) is 0 Å². The van der Waals surface area contributed by atoms with Crippen molar-refractivity contribution < 1.29 is 14.3 Å². The van der Waals surface area contributed by atoms with Gasteiger partial charge in [0, 0.05) is 12.6 Å². The molecule has 0 saturated carbocycles. The van der Waals surface area contributed by atoms with Crippen molar-refractivity contribution in [2.24, 2.45) is 0 Å². The second-order valence-corrected chi connectivity index (χ2v) is 6.08. The van der Waals surface area contributed by atoms with E-state index in [0.29, 0.717) is 0 Å². The van der Waals surface area contributed by atoms with E-state index in [1.807, 2.05) is 56.3 Å². The summed E-state index contributed by atoms with van der Waals surface area (Å²) in [6.07, 6.45) is 0.152. The fourth-order valence-electron chi connectivity index (χ4n) is 2.55. The first-order valence-electron chi connectivity index (χ1n) is 8.17. The molecule has 0 bridgehead atoms. The summed E-state index contributed by atoms with van der Waals surface area (Å²) < 4.78 is 5.14. The highest BCUT2D eigenvalue weighted by molar-refractivity contribution is 5.91. The molecule has 2 aromatic rings. The molecule has 0 aliphatic carbocycles. The zero-order valence-electron chi connectivity index (χ0n) is 15.1. The molecule has 0 spiro atoms. The number of ether oxygens (including phenoxy) is 1. The van der Waals surface area contributed by atoms with Crippen LogP contribution in [-0.2, 0) is 9.59 Å². The number of anilines is 1. The van der Waals surface area contributed by atoms with Crippen LogP contribution >= 0.6 is 0 Å². The van der Waals surface area contributed by atoms with Crippen molar-refractivity contribution in [1.29, 1.82) is 0 Å². The van der Waals surface area contributed by atoms with E-state index in [2.05, 4.69) is 10.6 Å². The van der Waals surface area contributed by atoms with Crippen LogP contribution in [-0.4, -0.2) is 18.9 Å². The summed E-state index contributed by atoms with van der Waals surface area (Å²) in [6.45, 7) is 5.47. The van der Waals surface area contributed by atoms with Gasteiger partial charge in [-0.1, -0.05) is 18.2 Å². The predicted molar refractivity (Wildman–Crippen MR) is 98.7 cm³/mol. The second-order valence-electron chi connectivity index (χ2n) is 6.08. The Morgan fingerprint density at radius 1 is 1.04 bits per heavy atom. The molecule has 0 aliphatic heterocycles. The Kier molecular flexibility index (Phi) is 6.17. The molecule has 25 heavy (non-hydrogen) atoms. The summed E-state index contributed by atoms with van der Waals surface area (Å²) in [5.74, 6) is 0.391. The number of carbonyl (C=O) groups excluding carboxylic acids is 2. The number of hydrogen-bond donors (Lipinski definition) is 2. The average molecular weight is 340 g/mol. The lowest BCUT2D eigenvalue weighted by molar-refractivity contribution is -0.120. The maximum Gasteiger partial charge on any atom is 0.226 e.